The van der Waals surface area contributed by atoms with Crippen molar-refractivity contribution in [3.8, 4) is 17.2 Å². The molecule has 1 N–H and O–H groups in total. The molecule has 0 aliphatic carbocycles. The molecule has 0 spiro atoms. The number of hydrogen-bond acceptors (Lipinski definition) is 4. The Bertz CT molecular complexity index is 1050. The predicted molar refractivity (Wildman–Crippen MR) is 115 cm³/mol. The van der Waals surface area contributed by atoms with Crippen LogP contribution in [0.25, 0.3) is 11.1 Å². The summed E-state index contributed by atoms with van der Waals surface area (Å²) >= 11 is 1.43. The van der Waals surface area contributed by atoms with E-state index in [1.807, 2.05) is 54.8 Å². The van der Waals surface area contributed by atoms with Gasteiger partial charge in [-0.25, -0.2) is 4.98 Å². The molecule has 1 heterocycles. The molecule has 28 heavy (non-hydrogen) atoms. The topological polar surface area (TPSA) is 69.5 Å². The third-order valence-electron chi connectivity index (χ3n) is 4.75. The van der Waals surface area contributed by atoms with Gasteiger partial charge in [0.2, 0.25) is 0 Å². The zero-order valence-electron chi connectivity index (χ0n) is 16.2. The fraction of sp³-hybridized carbons (Fsp3) is 0.261. The van der Waals surface area contributed by atoms with Crippen LogP contribution in [0.2, 0.25) is 0 Å². The molecule has 4 nitrogen and oxygen atoms in total. The van der Waals surface area contributed by atoms with Crippen molar-refractivity contribution >= 4 is 11.8 Å². The van der Waals surface area contributed by atoms with Crippen molar-refractivity contribution in [1.82, 2.24) is 9.97 Å². The first kappa shape index (κ1) is 19.9. The second-order valence-electron chi connectivity index (χ2n) is 6.60. The SMILES string of the molecule is CCCCc1nc(SC)[nH]c(=O)c1Cc1cccc(-c2ccccc2)c1C#N. The molecule has 0 saturated heterocycles. The molecule has 0 aliphatic rings. The van der Waals surface area contributed by atoms with Crippen molar-refractivity contribution in [2.45, 2.75) is 37.8 Å². The fourth-order valence-corrected chi connectivity index (χ4v) is 3.68. The van der Waals surface area contributed by atoms with Crippen molar-refractivity contribution < 1.29 is 0 Å². The highest BCUT2D eigenvalue weighted by molar-refractivity contribution is 7.98. The van der Waals surface area contributed by atoms with Crippen LogP contribution in [-0.2, 0) is 12.8 Å². The lowest BCUT2D eigenvalue weighted by molar-refractivity contribution is 0.737. The molecular weight excluding hydrogens is 366 g/mol. The standard InChI is InChI=1S/C23H23N3OS/c1-3-4-13-21-19(22(27)26-23(25-21)28-2)14-17-11-8-12-18(20(17)15-24)16-9-6-5-7-10-16/h5-12H,3-4,13-14H2,1-2H3,(H,25,26,27). The van der Waals surface area contributed by atoms with E-state index in [-0.39, 0.29) is 5.56 Å². The van der Waals surface area contributed by atoms with Crippen LogP contribution in [0.1, 0.15) is 42.1 Å². The molecule has 0 aliphatic heterocycles. The average Bonchev–Trinajstić information content (AvgIpc) is 2.74. The number of hydrogen-bond donors (Lipinski definition) is 1. The van der Waals surface area contributed by atoms with Crippen molar-refractivity contribution in [3.05, 3.63) is 81.3 Å². The van der Waals surface area contributed by atoms with Crippen LogP contribution >= 0.6 is 11.8 Å². The number of aromatic nitrogens is 2. The lowest BCUT2D eigenvalue weighted by Gasteiger charge is -2.12. The number of aromatic amines is 1. The molecule has 0 unspecified atom stereocenters. The molecule has 1 aromatic heterocycles. The van der Waals surface area contributed by atoms with E-state index in [9.17, 15) is 10.1 Å². The van der Waals surface area contributed by atoms with Gasteiger partial charge in [-0.3, -0.25) is 4.79 Å². The first-order valence-electron chi connectivity index (χ1n) is 9.41. The number of benzene rings is 2. The van der Waals surface area contributed by atoms with E-state index in [4.69, 9.17) is 0 Å². The predicted octanol–water partition coefficient (Wildman–Crippen LogP) is 4.96. The molecule has 5 heteroatoms. The number of thioether (sulfide) groups is 1. The Morgan fingerprint density at radius 2 is 1.93 bits per heavy atom. The van der Waals surface area contributed by atoms with Gasteiger partial charge in [0.05, 0.1) is 11.3 Å². The number of nitrogens with zero attached hydrogens (tertiary/aromatic N) is 2. The van der Waals surface area contributed by atoms with Gasteiger partial charge in [-0.2, -0.15) is 5.26 Å². The Balaban J connectivity index is 2.07. The average molecular weight is 390 g/mol. The van der Waals surface area contributed by atoms with Crippen molar-refractivity contribution in [2.24, 2.45) is 0 Å². The van der Waals surface area contributed by atoms with Crippen LogP contribution in [0.3, 0.4) is 0 Å². The van der Waals surface area contributed by atoms with Crippen LogP contribution in [0.4, 0.5) is 0 Å². The molecule has 0 amide bonds. The van der Waals surface area contributed by atoms with Gasteiger partial charge in [-0.15, -0.1) is 0 Å². The quantitative estimate of drug-likeness (QED) is 0.458. The van der Waals surface area contributed by atoms with Crippen LogP contribution < -0.4 is 5.56 Å². The highest BCUT2D eigenvalue weighted by Gasteiger charge is 2.16. The molecule has 3 rings (SSSR count). The second-order valence-corrected chi connectivity index (χ2v) is 7.39. The summed E-state index contributed by atoms with van der Waals surface area (Å²) in [6, 6.07) is 18.0. The van der Waals surface area contributed by atoms with Gasteiger partial charge >= 0.3 is 0 Å². The van der Waals surface area contributed by atoms with Crippen molar-refractivity contribution in [2.75, 3.05) is 6.26 Å². The first-order valence-corrected chi connectivity index (χ1v) is 10.6. The number of nitrogens with one attached hydrogen (secondary N) is 1. The normalized spacial score (nSPS) is 10.6. The molecule has 3 aromatic rings. The van der Waals surface area contributed by atoms with Gasteiger partial charge in [-0.1, -0.05) is 73.6 Å². The van der Waals surface area contributed by atoms with Crippen LogP contribution in [0, 0.1) is 11.3 Å². The van der Waals surface area contributed by atoms with E-state index in [0.29, 0.717) is 22.7 Å². The van der Waals surface area contributed by atoms with Crippen LogP contribution in [0.5, 0.6) is 0 Å². The number of H-pyrrole nitrogens is 1. The number of nitriles is 1. The summed E-state index contributed by atoms with van der Waals surface area (Å²) in [6.07, 6.45) is 5.09. The summed E-state index contributed by atoms with van der Waals surface area (Å²) < 4.78 is 0. The number of unbranched alkanes of at least 4 members (excludes halogenated alkanes) is 1. The Morgan fingerprint density at radius 3 is 2.61 bits per heavy atom. The molecule has 0 bridgehead atoms. The number of aryl methyl sites for hydroxylation is 1. The lowest BCUT2D eigenvalue weighted by Crippen LogP contribution is -2.19. The summed E-state index contributed by atoms with van der Waals surface area (Å²) in [4.78, 5) is 20.3. The third-order valence-corrected chi connectivity index (χ3v) is 5.33. The van der Waals surface area contributed by atoms with Gasteiger partial charge in [0, 0.05) is 12.0 Å². The molecule has 0 atom stereocenters. The van der Waals surface area contributed by atoms with Crippen molar-refractivity contribution in [1.29, 1.82) is 5.26 Å². The van der Waals surface area contributed by atoms with Crippen LogP contribution in [-0.4, -0.2) is 16.2 Å². The highest BCUT2D eigenvalue weighted by Crippen LogP contribution is 2.27. The summed E-state index contributed by atoms with van der Waals surface area (Å²) in [5, 5.41) is 10.5. The molecule has 0 saturated carbocycles. The van der Waals surface area contributed by atoms with E-state index < -0.39 is 0 Å². The summed E-state index contributed by atoms with van der Waals surface area (Å²) in [5.74, 6) is 0. The largest absolute Gasteiger partial charge is 0.301 e. The minimum atomic E-state index is -0.112. The fourth-order valence-electron chi connectivity index (χ4n) is 3.28. The summed E-state index contributed by atoms with van der Waals surface area (Å²) in [6.45, 7) is 2.12. The molecule has 0 radical (unpaired) electrons. The Morgan fingerprint density at radius 1 is 1.14 bits per heavy atom. The van der Waals surface area contributed by atoms with Gasteiger partial charge in [0.1, 0.15) is 6.07 Å². The molecule has 2 aromatic carbocycles. The van der Waals surface area contributed by atoms with Crippen molar-refractivity contribution in [3.63, 3.8) is 0 Å². The summed E-state index contributed by atoms with van der Waals surface area (Å²) in [5.41, 5.74) is 4.74. The van der Waals surface area contributed by atoms with E-state index in [2.05, 4.69) is 23.0 Å². The number of rotatable bonds is 7. The minimum Gasteiger partial charge on any atom is -0.301 e. The smallest absolute Gasteiger partial charge is 0.255 e. The highest BCUT2D eigenvalue weighted by atomic mass is 32.2. The maximum absolute atomic E-state index is 12.7. The monoisotopic (exact) mass is 389 g/mol. The van der Waals surface area contributed by atoms with E-state index in [1.165, 1.54) is 11.8 Å². The van der Waals surface area contributed by atoms with E-state index >= 15 is 0 Å². The third kappa shape index (κ3) is 4.35. The van der Waals surface area contributed by atoms with Gasteiger partial charge in [0.15, 0.2) is 5.16 Å². The lowest BCUT2D eigenvalue weighted by atomic mass is 9.92. The minimum absolute atomic E-state index is 0.112. The van der Waals surface area contributed by atoms with E-state index in [1.54, 1.807) is 0 Å². The molecule has 0 fully saturated rings. The molecule has 142 valence electrons. The maximum Gasteiger partial charge on any atom is 0.255 e. The maximum atomic E-state index is 12.7. The second kappa shape index (κ2) is 9.38. The van der Waals surface area contributed by atoms with E-state index in [0.717, 1.165) is 41.6 Å². The van der Waals surface area contributed by atoms with Crippen LogP contribution in [0.15, 0.2) is 58.5 Å². The summed E-state index contributed by atoms with van der Waals surface area (Å²) in [7, 11) is 0. The van der Waals surface area contributed by atoms with Gasteiger partial charge < -0.3 is 4.98 Å². The first-order chi connectivity index (χ1) is 13.7. The Hall–Kier alpha value is -2.84. The Labute approximate surface area is 169 Å². The van der Waals surface area contributed by atoms with Gasteiger partial charge in [-0.05, 0) is 35.8 Å². The Kier molecular flexibility index (Phi) is 6.67. The van der Waals surface area contributed by atoms with Gasteiger partial charge in [0.25, 0.3) is 5.56 Å². The zero-order valence-corrected chi connectivity index (χ0v) is 17.0. The molecular formula is C23H23N3OS. The zero-order chi connectivity index (χ0) is 19.9.